The number of nitro groups is 1. The zero-order valence-corrected chi connectivity index (χ0v) is 35.4. The molecule has 0 spiro atoms. The number of nitrogens with zero attached hydrogens (tertiary/aromatic N) is 2. The number of carbonyl (C=O) groups excluding carboxylic acids is 3. The number of aliphatic imine (C=N–C) groups is 1. The Morgan fingerprint density at radius 2 is 1.69 bits per heavy atom. The average molecular weight is 861 g/mol. The molecule has 58 heavy (non-hydrogen) atoms. The van der Waals surface area contributed by atoms with E-state index < -0.39 is 35.1 Å². The van der Waals surface area contributed by atoms with Crippen LogP contribution in [0.3, 0.4) is 0 Å². The van der Waals surface area contributed by atoms with E-state index in [1.807, 2.05) is 30.3 Å². The minimum absolute atomic E-state index is 0.0234. The van der Waals surface area contributed by atoms with Gasteiger partial charge in [-0.1, -0.05) is 77.8 Å². The molecule has 1 amide bonds. The third kappa shape index (κ3) is 13.7. The zero-order valence-electron chi connectivity index (χ0n) is 32.9. The summed E-state index contributed by atoms with van der Waals surface area (Å²) in [5.41, 5.74) is 9.11. The molecule has 20 heteroatoms. The van der Waals surface area contributed by atoms with Crippen molar-refractivity contribution >= 4 is 62.0 Å². The number of ether oxygens (including phenoxy) is 5. The van der Waals surface area contributed by atoms with Crippen molar-refractivity contribution < 1.29 is 53.1 Å². The Morgan fingerprint density at radius 3 is 2.19 bits per heavy atom. The van der Waals surface area contributed by atoms with Crippen LogP contribution in [0.4, 0.5) is 4.79 Å². The lowest BCUT2D eigenvalue weighted by Crippen LogP contribution is -3.14. The Labute approximate surface area is 349 Å². The molecule has 3 unspecified atom stereocenters. The number of hydrogen-bond donors (Lipinski definition) is 4. The second kappa shape index (κ2) is 23.2. The Kier molecular flexibility index (Phi) is 18.8. The minimum Gasteiger partial charge on any atom is -0.548 e. The number of rotatable bonds is 18. The number of aliphatic carboxylic acids is 1. The predicted octanol–water partition coefficient (Wildman–Crippen LogP) is 3.24. The van der Waals surface area contributed by atoms with Crippen LogP contribution >= 0.6 is 33.8 Å². The molecule has 0 bridgehead atoms. The third-order valence-electron chi connectivity index (χ3n) is 9.02. The Bertz CT molecular complexity index is 1880. The molecule has 1 aliphatic heterocycles. The lowest BCUT2D eigenvalue weighted by Gasteiger charge is -2.35. The molecular weight excluding hydrogens is 813 g/mol. The fraction of sp³-hybridized carbons (Fsp3) is 0.395. The van der Waals surface area contributed by atoms with Gasteiger partial charge in [-0.25, -0.2) is 24.7 Å². The number of methoxy groups -OCH3 is 3. The van der Waals surface area contributed by atoms with Crippen molar-refractivity contribution in [1.82, 2.24) is 10.7 Å². The molecule has 0 aromatic heterocycles. The highest BCUT2D eigenvalue weighted by atomic mass is 33.1. The summed E-state index contributed by atoms with van der Waals surface area (Å²) < 4.78 is 27.8. The number of hydrogen-bond acceptors (Lipinski definition) is 15. The van der Waals surface area contributed by atoms with Gasteiger partial charge < -0.3 is 49.5 Å². The fourth-order valence-electron chi connectivity index (χ4n) is 5.81. The first-order valence-corrected chi connectivity index (χ1v) is 20.5. The van der Waals surface area contributed by atoms with Crippen LogP contribution in [-0.2, 0) is 15.1 Å². The van der Waals surface area contributed by atoms with Crippen LogP contribution in [0.2, 0.25) is 0 Å². The smallest absolute Gasteiger partial charge is 0.413 e. The molecule has 1 aliphatic rings. The molecule has 3 aromatic carbocycles. The molecule has 1 heterocycles. The summed E-state index contributed by atoms with van der Waals surface area (Å²) in [6.07, 6.45) is 0.842. The zero-order chi connectivity index (χ0) is 42.8. The Hall–Kier alpha value is -5.31. The molecule has 17 nitrogen and oxygen atoms in total. The van der Waals surface area contributed by atoms with Crippen molar-refractivity contribution in [3.05, 3.63) is 93.5 Å². The number of benzene rings is 3. The number of guanidine groups is 1. The van der Waals surface area contributed by atoms with Gasteiger partial charge in [-0.2, -0.15) is 0 Å². The molecule has 1 fully saturated rings. The van der Waals surface area contributed by atoms with Crippen molar-refractivity contribution in [2.24, 2.45) is 10.7 Å². The van der Waals surface area contributed by atoms with E-state index >= 15 is 0 Å². The Balaban J connectivity index is 0.000000311. The number of hydrazine groups is 1. The highest BCUT2D eigenvalue weighted by molar-refractivity contribution is 8.84. The number of likely N-dealkylation sites (N-methyl/N-ethyl adjacent to an activating group) is 1. The van der Waals surface area contributed by atoms with Crippen LogP contribution in [-0.4, -0.2) is 87.8 Å². The molecule has 3 aromatic rings. The first-order valence-electron chi connectivity index (χ1n) is 17.9. The van der Waals surface area contributed by atoms with Crippen LogP contribution in [0.1, 0.15) is 59.3 Å². The lowest BCUT2D eigenvalue weighted by atomic mass is 9.87. The van der Waals surface area contributed by atoms with Gasteiger partial charge in [0.05, 0.1) is 57.2 Å². The number of carboxylic acid groups (broad SMARTS) is 1. The molecule has 5 N–H and O–H groups in total. The van der Waals surface area contributed by atoms with E-state index in [0.717, 1.165) is 28.2 Å². The van der Waals surface area contributed by atoms with Crippen molar-refractivity contribution in [2.45, 2.75) is 49.4 Å². The Morgan fingerprint density at radius 1 is 1.05 bits per heavy atom. The van der Waals surface area contributed by atoms with Crippen LogP contribution in [0.25, 0.3) is 0 Å². The molecule has 0 saturated carbocycles. The number of carboxylic acids is 1. The summed E-state index contributed by atoms with van der Waals surface area (Å²) in [5.74, 6) is -0.809. The van der Waals surface area contributed by atoms with Gasteiger partial charge in [0.2, 0.25) is 5.75 Å². The van der Waals surface area contributed by atoms with E-state index in [2.05, 4.69) is 43.5 Å². The number of carbonyl (C=O) groups is 3. The number of amides is 1. The van der Waals surface area contributed by atoms with Crippen molar-refractivity contribution in [3.8, 4) is 23.0 Å². The van der Waals surface area contributed by atoms with Gasteiger partial charge in [-0.15, -0.1) is 0 Å². The molecular formula is C38H48N6O11S3. The van der Waals surface area contributed by atoms with Crippen LogP contribution < -0.4 is 45.4 Å². The molecule has 3 atom stereocenters. The van der Waals surface area contributed by atoms with Gasteiger partial charge >= 0.3 is 12.1 Å². The van der Waals surface area contributed by atoms with E-state index in [1.54, 1.807) is 51.3 Å². The van der Waals surface area contributed by atoms with Gasteiger partial charge in [0, 0.05) is 30.2 Å². The largest absolute Gasteiger partial charge is 0.548 e. The van der Waals surface area contributed by atoms with Crippen LogP contribution in [0.15, 0.2) is 71.7 Å². The number of nitrogens with one attached hydrogen (secondary N) is 3. The summed E-state index contributed by atoms with van der Waals surface area (Å²) in [6, 6.07) is 18.9. The summed E-state index contributed by atoms with van der Waals surface area (Å²) >= 11 is 5.18. The van der Waals surface area contributed by atoms with Gasteiger partial charge in [-0.3, -0.25) is 0 Å². The standard InChI is InChI=1S/C22H29NO5.C16H19N5O6S3/c1-7-22(23(2)3,17-11-9-8-10-12-17)15-28-21(24)16-13-18(25-4)20(27-6)19(14-16)26-5;17-15(20-21(25)26)18-7-1-2-11(14(22)23)19-16(24)27-10-5-3-9(4-6-10)12-8-13(28)30-29-12/h8-14H,7,15H2,1-6H3;3-6,11-12H,1-2,7-8H2,(H,19,24)(H,22,23)(H3,17,18,20). The van der Waals surface area contributed by atoms with E-state index in [0.29, 0.717) is 22.8 Å². The first kappa shape index (κ1) is 47.1. The number of quaternary nitrogens is 1. The minimum atomic E-state index is -1.49. The van der Waals surface area contributed by atoms with E-state index in [-0.39, 0.29) is 42.5 Å². The molecule has 1 saturated heterocycles. The maximum absolute atomic E-state index is 12.8. The van der Waals surface area contributed by atoms with Crippen LogP contribution in [0.5, 0.6) is 23.0 Å². The summed E-state index contributed by atoms with van der Waals surface area (Å²) in [6.45, 7) is 2.38. The van der Waals surface area contributed by atoms with Gasteiger partial charge in [0.1, 0.15) is 5.75 Å². The molecule has 0 aliphatic carbocycles. The van der Waals surface area contributed by atoms with Crippen molar-refractivity contribution in [3.63, 3.8) is 0 Å². The van der Waals surface area contributed by atoms with E-state index in [9.17, 15) is 29.6 Å². The van der Waals surface area contributed by atoms with E-state index in [4.69, 9.17) is 41.6 Å². The number of thiocarbonyl (C=S) groups is 1. The predicted molar refractivity (Wildman–Crippen MR) is 223 cm³/mol. The normalized spacial score (nSPS) is 15.2. The second-order valence-electron chi connectivity index (χ2n) is 12.8. The fourth-order valence-corrected chi connectivity index (χ4v) is 8.92. The first-order chi connectivity index (χ1) is 27.7. The summed E-state index contributed by atoms with van der Waals surface area (Å²) in [5, 5.41) is 23.0. The quantitative estimate of drug-likeness (QED) is 0.0210. The molecule has 0 radical (unpaired) electrons. The molecule has 314 valence electrons. The highest BCUT2D eigenvalue weighted by Crippen LogP contribution is 2.49. The number of esters is 1. The SMILES string of the molecule is CCC(COC(=O)c1cc(OC)c(OC)c(OC)c1)(c1ccccc1)[NH+](C)C.NC(=NCCCC(NC(=O)Oc1ccc(C2CC(=S)SS2)cc1)C(=O)[O-])N[N+](=O)[O-]. The second-order valence-corrected chi connectivity index (χ2v) is 16.0. The lowest BCUT2D eigenvalue weighted by molar-refractivity contribution is -0.925. The van der Waals surface area contributed by atoms with Gasteiger partial charge in [0.25, 0.3) is 5.96 Å². The van der Waals surface area contributed by atoms with Gasteiger partial charge in [0.15, 0.2) is 28.7 Å². The summed E-state index contributed by atoms with van der Waals surface area (Å²) in [4.78, 5) is 51.1. The average Bonchev–Trinajstić information content (AvgIpc) is 3.65. The van der Waals surface area contributed by atoms with E-state index in [1.165, 1.54) is 26.2 Å². The third-order valence-corrected chi connectivity index (χ3v) is 12.5. The summed E-state index contributed by atoms with van der Waals surface area (Å²) in [7, 11) is 12.0. The monoisotopic (exact) mass is 860 g/mol. The molecule has 4 rings (SSSR count). The maximum atomic E-state index is 12.8. The van der Waals surface area contributed by atoms with Crippen molar-refractivity contribution in [2.75, 3.05) is 48.6 Å². The highest BCUT2D eigenvalue weighted by Gasteiger charge is 2.39. The van der Waals surface area contributed by atoms with Gasteiger partial charge in [-0.05, 0) is 53.5 Å². The topological polar surface area (TPSA) is 230 Å². The van der Waals surface area contributed by atoms with Crippen LogP contribution in [0, 0.1) is 10.1 Å². The number of nitrogens with two attached hydrogens (primary N) is 1. The maximum Gasteiger partial charge on any atom is 0.413 e. The van der Waals surface area contributed by atoms with Crippen molar-refractivity contribution in [1.29, 1.82) is 0 Å².